The zero-order valence-corrected chi connectivity index (χ0v) is 10.7. The minimum Gasteiger partial charge on any atom is -0.335 e. The van der Waals surface area contributed by atoms with E-state index in [1.165, 1.54) is 5.56 Å². The van der Waals surface area contributed by atoms with Crippen LogP contribution in [0.25, 0.3) is 0 Å². The second-order valence-corrected chi connectivity index (χ2v) is 5.80. The maximum absolute atomic E-state index is 12.0. The summed E-state index contributed by atoms with van der Waals surface area (Å²) < 4.78 is 0. The number of rotatable bonds is 1. The molecule has 1 aliphatic rings. The number of likely N-dealkylation sites (tertiary alicyclic amines) is 1. The van der Waals surface area contributed by atoms with Crippen molar-refractivity contribution in [2.75, 3.05) is 13.1 Å². The van der Waals surface area contributed by atoms with Crippen LogP contribution < -0.4 is 5.73 Å². The second-order valence-electron chi connectivity index (χ2n) is 5.80. The molecule has 1 heterocycles. The van der Waals surface area contributed by atoms with E-state index in [0.29, 0.717) is 13.1 Å². The normalized spacial score (nSPS) is 16.8. The van der Waals surface area contributed by atoms with Gasteiger partial charge in [-0.3, -0.25) is 4.79 Å². The molecule has 0 aliphatic carbocycles. The molecule has 2 rings (SSSR count). The highest BCUT2D eigenvalue weighted by Crippen LogP contribution is 2.23. The fraction of sp³-hybridized carbons (Fsp3) is 0.500. The number of amides is 1. The van der Waals surface area contributed by atoms with E-state index in [1.807, 2.05) is 24.3 Å². The van der Waals surface area contributed by atoms with Crippen molar-refractivity contribution < 1.29 is 4.79 Å². The lowest BCUT2D eigenvalue weighted by Crippen LogP contribution is -2.57. The first-order valence-corrected chi connectivity index (χ1v) is 6.03. The molecule has 0 saturated carbocycles. The van der Waals surface area contributed by atoms with Crippen LogP contribution in [0.5, 0.6) is 0 Å². The highest BCUT2D eigenvalue weighted by molar-refractivity contribution is 5.94. The van der Waals surface area contributed by atoms with Crippen LogP contribution in [0.4, 0.5) is 0 Å². The third kappa shape index (κ3) is 2.50. The number of carbonyl (C=O) groups excluding carboxylic acids is 1. The molecule has 0 unspecified atom stereocenters. The molecular weight excluding hydrogens is 212 g/mol. The van der Waals surface area contributed by atoms with E-state index in [2.05, 4.69) is 20.8 Å². The first kappa shape index (κ1) is 12.1. The van der Waals surface area contributed by atoms with Crippen LogP contribution in [-0.2, 0) is 5.41 Å². The van der Waals surface area contributed by atoms with Gasteiger partial charge in [0.15, 0.2) is 0 Å². The molecule has 3 heteroatoms. The standard InChI is InChI=1S/C14H20N2O/c1-14(2,3)11-6-4-10(5-7-11)13(17)16-8-12(15)9-16/h4-7,12H,8-9,15H2,1-3H3. The predicted octanol–water partition coefficient (Wildman–Crippen LogP) is 1.77. The number of hydrogen-bond donors (Lipinski definition) is 1. The van der Waals surface area contributed by atoms with Gasteiger partial charge in [-0.05, 0) is 23.1 Å². The molecule has 1 saturated heterocycles. The highest BCUT2D eigenvalue weighted by atomic mass is 16.2. The smallest absolute Gasteiger partial charge is 0.253 e. The van der Waals surface area contributed by atoms with Gasteiger partial charge < -0.3 is 10.6 Å². The minimum absolute atomic E-state index is 0.0900. The molecule has 92 valence electrons. The van der Waals surface area contributed by atoms with Crippen LogP contribution in [0.15, 0.2) is 24.3 Å². The molecule has 1 aromatic carbocycles. The molecule has 1 aliphatic heterocycles. The quantitative estimate of drug-likeness (QED) is 0.802. The van der Waals surface area contributed by atoms with Gasteiger partial charge in [0.05, 0.1) is 0 Å². The van der Waals surface area contributed by atoms with Gasteiger partial charge in [-0.1, -0.05) is 32.9 Å². The second kappa shape index (κ2) is 4.15. The summed E-state index contributed by atoms with van der Waals surface area (Å²) in [5.74, 6) is 0.0900. The van der Waals surface area contributed by atoms with Crippen molar-refractivity contribution in [2.45, 2.75) is 32.2 Å². The van der Waals surface area contributed by atoms with Crippen LogP contribution in [-0.4, -0.2) is 29.9 Å². The molecule has 0 bridgehead atoms. The van der Waals surface area contributed by atoms with Crippen molar-refractivity contribution in [2.24, 2.45) is 5.73 Å². The Morgan fingerprint density at radius 1 is 1.24 bits per heavy atom. The largest absolute Gasteiger partial charge is 0.335 e. The Labute approximate surface area is 103 Å². The van der Waals surface area contributed by atoms with Crippen molar-refractivity contribution >= 4 is 5.91 Å². The van der Waals surface area contributed by atoms with Gasteiger partial charge in [-0.2, -0.15) is 0 Å². The van der Waals surface area contributed by atoms with Crippen molar-refractivity contribution in [1.82, 2.24) is 4.90 Å². The van der Waals surface area contributed by atoms with Gasteiger partial charge in [0.2, 0.25) is 0 Å². The van der Waals surface area contributed by atoms with Gasteiger partial charge >= 0.3 is 0 Å². The van der Waals surface area contributed by atoms with E-state index in [1.54, 1.807) is 4.90 Å². The molecule has 17 heavy (non-hydrogen) atoms. The van der Waals surface area contributed by atoms with Gasteiger partial charge in [0.25, 0.3) is 5.91 Å². The molecule has 0 aromatic heterocycles. The van der Waals surface area contributed by atoms with E-state index in [-0.39, 0.29) is 17.4 Å². The van der Waals surface area contributed by atoms with E-state index >= 15 is 0 Å². The third-order valence-corrected chi connectivity index (χ3v) is 3.19. The maximum Gasteiger partial charge on any atom is 0.253 e. The molecular formula is C14H20N2O. The van der Waals surface area contributed by atoms with Crippen molar-refractivity contribution in [3.63, 3.8) is 0 Å². The zero-order chi connectivity index (χ0) is 12.6. The van der Waals surface area contributed by atoms with E-state index in [0.717, 1.165) is 5.56 Å². The molecule has 1 fully saturated rings. The predicted molar refractivity (Wildman–Crippen MR) is 69.0 cm³/mol. The Balaban J connectivity index is 2.10. The van der Waals surface area contributed by atoms with Crippen LogP contribution in [0.3, 0.4) is 0 Å². The summed E-state index contributed by atoms with van der Waals surface area (Å²) in [5, 5.41) is 0. The first-order chi connectivity index (χ1) is 7.88. The van der Waals surface area contributed by atoms with Gasteiger partial charge in [0, 0.05) is 24.7 Å². The van der Waals surface area contributed by atoms with Crippen LogP contribution in [0.1, 0.15) is 36.7 Å². The third-order valence-electron chi connectivity index (χ3n) is 3.19. The number of benzene rings is 1. The number of hydrogen-bond acceptors (Lipinski definition) is 2. The summed E-state index contributed by atoms with van der Waals surface area (Å²) in [6.07, 6.45) is 0. The fourth-order valence-electron chi connectivity index (χ4n) is 1.97. The van der Waals surface area contributed by atoms with Crippen LogP contribution >= 0.6 is 0 Å². The Morgan fingerprint density at radius 3 is 2.18 bits per heavy atom. The Morgan fingerprint density at radius 2 is 1.76 bits per heavy atom. The summed E-state index contributed by atoms with van der Waals surface area (Å²) in [6, 6.07) is 8.05. The summed E-state index contributed by atoms with van der Waals surface area (Å²) in [7, 11) is 0. The van der Waals surface area contributed by atoms with E-state index < -0.39 is 0 Å². The van der Waals surface area contributed by atoms with Crippen molar-refractivity contribution in [1.29, 1.82) is 0 Å². The molecule has 0 radical (unpaired) electrons. The molecule has 3 nitrogen and oxygen atoms in total. The number of nitrogens with two attached hydrogens (primary N) is 1. The van der Waals surface area contributed by atoms with Gasteiger partial charge in [-0.25, -0.2) is 0 Å². The summed E-state index contributed by atoms with van der Waals surface area (Å²) in [5.41, 5.74) is 7.80. The minimum atomic E-state index is 0.0900. The average molecular weight is 232 g/mol. The lowest BCUT2D eigenvalue weighted by molar-refractivity contribution is 0.0608. The monoisotopic (exact) mass is 232 g/mol. The Hall–Kier alpha value is -1.35. The topological polar surface area (TPSA) is 46.3 Å². The highest BCUT2D eigenvalue weighted by Gasteiger charge is 2.28. The molecule has 1 aromatic rings. The molecule has 1 amide bonds. The van der Waals surface area contributed by atoms with Crippen molar-refractivity contribution in [3.8, 4) is 0 Å². The van der Waals surface area contributed by atoms with E-state index in [9.17, 15) is 4.79 Å². The van der Waals surface area contributed by atoms with Gasteiger partial charge in [0.1, 0.15) is 0 Å². The van der Waals surface area contributed by atoms with Gasteiger partial charge in [-0.15, -0.1) is 0 Å². The fourth-order valence-corrected chi connectivity index (χ4v) is 1.97. The average Bonchev–Trinajstić information content (AvgIpc) is 2.23. The lowest BCUT2D eigenvalue weighted by atomic mass is 9.86. The Bertz CT molecular complexity index is 411. The van der Waals surface area contributed by atoms with Crippen molar-refractivity contribution in [3.05, 3.63) is 35.4 Å². The SMILES string of the molecule is CC(C)(C)c1ccc(C(=O)N2CC(N)C2)cc1. The van der Waals surface area contributed by atoms with E-state index in [4.69, 9.17) is 5.73 Å². The summed E-state index contributed by atoms with van der Waals surface area (Å²) in [4.78, 5) is 13.8. The number of nitrogens with zero attached hydrogens (tertiary/aromatic N) is 1. The van der Waals surface area contributed by atoms with Crippen LogP contribution in [0, 0.1) is 0 Å². The number of carbonyl (C=O) groups is 1. The first-order valence-electron chi connectivity index (χ1n) is 6.03. The summed E-state index contributed by atoms with van der Waals surface area (Å²) in [6.45, 7) is 7.86. The zero-order valence-electron chi connectivity index (χ0n) is 10.7. The maximum atomic E-state index is 12.0. The molecule has 0 atom stereocenters. The molecule has 2 N–H and O–H groups in total. The lowest BCUT2D eigenvalue weighted by Gasteiger charge is -2.36. The molecule has 0 spiro atoms. The summed E-state index contributed by atoms with van der Waals surface area (Å²) >= 11 is 0. The Kier molecular flexibility index (Phi) is 2.96. The van der Waals surface area contributed by atoms with Crippen LogP contribution in [0.2, 0.25) is 0 Å².